The van der Waals surface area contributed by atoms with Gasteiger partial charge in [0.1, 0.15) is 24.7 Å². The number of benzene rings is 2. The zero-order valence-electron chi connectivity index (χ0n) is 23.6. The Morgan fingerprint density at radius 1 is 0.500 bits per heavy atom. The molecule has 0 aliphatic heterocycles. The van der Waals surface area contributed by atoms with Crippen molar-refractivity contribution >= 4 is 23.9 Å². The monoisotopic (exact) mass is 738 g/mol. The van der Waals surface area contributed by atoms with Gasteiger partial charge in [0, 0.05) is 35.9 Å². The molecule has 0 aliphatic carbocycles. The van der Waals surface area contributed by atoms with E-state index in [1.807, 2.05) is 24.3 Å². The molecule has 46 heavy (non-hydrogen) atoms. The second kappa shape index (κ2) is 27.6. The number of carbonyl (C=O) groups excluding carboxylic acids is 4. The average Bonchev–Trinajstić information content (AvgIpc) is 2.97. The minimum Gasteiger partial charge on any atom is -0.546 e. The Kier molecular flexibility index (Phi) is 30.4. The van der Waals surface area contributed by atoms with Gasteiger partial charge in [-0.15, -0.1) is 0 Å². The van der Waals surface area contributed by atoms with Crippen molar-refractivity contribution in [2.24, 2.45) is 0 Å². The van der Waals surface area contributed by atoms with Gasteiger partial charge in [-0.1, -0.05) is 24.3 Å². The molecule has 12 N–H and O–H groups in total. The Bertz CT molecular complexity index is 1320. The Labute approximate surface area is 282 Å². The number of nitrogens with zero attached hydrogens (tertiary/aromatic N) is 2. The number of carbonyl (C=O) groups is 4. The van der Waals surface area contributed by atoms with Crippen LogP contribution in [0.1, 0.15) is 20.7 Å². The van der Waals surface area contributed by atoms with Crippen LogP contribution < -0.4 is 29.9 Å². The van der Waals surface area contributed by atoms with Crippen molar-refractivity contribution in [2.45, 2.75) is 0 Å². The Hall–Kier alpha value is -4.93. The van der Waals surface area contributed by atoms with Gasteiger partial charge in [-0.25, -0.2) is 0 Å². The molecule has 2 aromatic carbocycles. The van der Waals surface area contributed by atoms with Crippen LogP contribution in [-0.2, 0) is 65.1 Å². The molecule has 0 atom stereocenters. The van der Waals surface area contributed by atoms with E-state index in [1.54, 1.807) is 24.8 Å². The molecule has 0 fully saturated rings. The molecule has 16 nitrogen and oxygen atoms in total. The summed E-state index contributed by atoms with van der Waals surface area (Å²) in [5.74, 6) is -5.76. The van der Waals surface area contributed by atoms with Crippen LogP contribution in [0.2, 0.25) is 0 Å². The number of aromatic carboxylic acids is 2. The predicted octanol–water partition coefficient (Wildman–Crippen LogP) is -5.19. The number of hydrogen-bond acceptors (Lipinski definition) is 12. The topological polar surface area (TPSA) is 337 Å². The number of aromatic nitrogens is 2. The molecule has 4 aromatic rings. The second-order valence-electron chi connectivity index (χ2n) is 7.36. The fraction of sp³-hybridized carbons (Fsp3) is 0.0714. The van der Waals surface area contributed by atoms with Crippen LogP contribution in [-0.4, -0.2) is 47.1 Å². The molecule has 0 saturated carbocycles. The summed E-state index contributed by atoms with van der Waals surface area (Å²) in [5.41, 5.74) is 1.97. The number of rotatable bonds is 9. The smallest absolute Gasteiger partial charge is 0.546 e. The van der Waals surface area contributed by atoms with Gasteiger partial charge in [-0.3, -0.25) is 9.97 Å². The summed E-state index contributed by atoms with van der Waals surface area (Å²) in [6, 6.07) is 19.2. The van der Waals surface area contributed by atoms with Crippen molar-refractivity contribution in [1.82, 2.24) is 9.97 Å². The summed E-state index contributed by atoms with van der Waals surface area (Å²) in [5, 5.41) is 41.1. The van der Waals surface area contributed by atoms with E-state index in [0.29, 0.717) is 0 Å². The van der Waals surface area contributed by atoms with E-state index in [4.69, 9.17) is 0 Å². The van der Waals surface area contributed by atoms with Crippen molar-refractivity contribution < 1.29 is 105 Å². The van der Waals surface area contributed by atoms with Crippen molar-refractivity contribution in [3.05, 3.63) is 109 Å². The summed E-state index contributed by atoms with van der Waals surface area (Å²) in [4.78, 5) is 49.0. The fourth-order valence-corrected chi connectivity index (χ4v) is 2.88. The SMILES string of the molecule is O=C([O-])COc1ccccc1C(=O)[O-].O=C([O-])COc1ccccc1C(=O)[O-].[Co+2].[Co+2].[OH3+].[OH3+].[OH3+].[OH3+].c1cc(-c2ccncc2)ccn1. The molecule has 0 aliphatic rings. The van der Waals surface area contributed by atoms with E-state index in [2.05, 4.69) is 19.4 Å². The molecule has 0 spiro atoms. The normalized spacial score (nSPS) is 8.26. The summed E-state index contributed by atoms with van der Waals surface area (Å²) in [6.45, 7) is -1.38. The number of pyridine rings is 2. The van der Waals surface area contributed by atoms with Gasteiger partial charge in [-0.2, -0.15) is 0 Å². The molecular formula is C28H32Co2N2O14+4. The minimum atomic E-state index is -1.42. The number of para-hydroxylation sites is 2. The van der Waals surface area contributed by atoms with Gasteiger partial charge in [0.05, 0.1) is 23.9 Å². The summed E-state index contributed by atoms with van der Waals surface area (Å²) < 4.78 is 9.35. The fourth-order valence-electron chi connectivity index (χ4n) is 2.88. The number of aliphatic carboxylic acids is 2. The van der Waals surface area contributed by atoms with Crippen LogP contribution in [0.25, 0.3) is 11.1 Å². The molecule has 0 bridgehead atoms. The van der Waals surface area contributed by atoms with E-state index in [0.717, 1.165) is 0 Å². The first-order valence-electron chi connectivity index (χ1n) is 11.3. The molecule has 4 rings (SSSR count). The molecule has 0 amide bonds. The maximum absolute atomic E-state index is 10.5. The standard InChI is InChI=1S/C10H8N2.2C9H8O5.2Co.4H2O/c1-5-11-6-2-9(1)10-3-7-12-8-4-10;2*10-8(11)5-14-7-4-2-1-3-6(7)9(12)13;;;;;;/h1-8H;2*1-4H,5H2,(H,10,11)(H,12,13);;;4*1H2/q;;;2*+2;;;;. The molecular weight excluding hydrogens is 706 g/mol. The van der Waals surface area contributed by atoms with Crippen molar-refractivity contribution in [3.8, 4) is 22.6 Å². The average molecular weight is 738 g/mol. The van der Waals surface area contributed by atoms with E-state index in [1.165, 1.54) is 59.7 Å². The zero-order valence-corrected chi connectivity index (χ0v) is 25.7. The van der Waals surface area contributed by atoms with Crippen molar-refractivity contribution in [1.29, 1.82) is 0 Å². The van der Waals surface area contributed by atoms with E-state index in [-0.39, 0.29) is 78.1 Å². The first-order valence-corrected chi connectivity index (χ1v) is 11.3. The van der Waals surface area contributed by atoms with E-state index in [9.17, 15) is 39.6 Å². The second-order valence-corrected chi connectivity index (χ2v) is 7.36. The largest absolute Gasteiger partial charge is 2.00 e. The maximum Gasteiger partial charge on any atom is 2.00 e. The minimum absolute atomic E-state index is 0. The molecule has 252 valence electrons. The number of hydrogen-bond donors (Lipinski definition) is 0. The van der Waals surface area contributed by atoms with Crippen LogP contribution in [0.5, 0.6) is 11.5 Å². The first kappa shape index (κ1) is 50.7. The van der Waals surface area contributed by atoms with Gasteiger partial charge in [0.25, 0.3) is 0 Å². The molecule has 2 radical (unpaired) electrons. The third kappa shape index (κ3) is 18.7. The van der Waals surface area contributed by atoms with E-state index >= 15 is 0 Å². The zero-order chi connectivity index (χ0) is 29.3. The van der Waals surface area contributed by atoms with Crippen molar-refractivity contribution in [2.75, 3.05) is 13.2 Å². The van der Waals surface area contributed by atoms with Crippen LogP contribution in [0, 0.1) is 0 Å². The summed E-state index contributed by atoms with van der Waals surface area (Å²) >= 11 is 0. The predicted molar refractivity (Wildman–Crippen MR) is 150 cm³/mol. The van der Waals surface area contributed by atoms with Crippen LogP contribution in [0.3, 0.4) is 0 Å². The van der Waals surface area contributed by atoms with Gasteiger partial charge in [-0.05, 0) is 59.7 Å². The Morgan fingerprint density at radius 3 is 1.04 bits per heavy atom. The van der Waals surface area contributed by atoms with Gasteiger partial charge in [0.15, 0.2) is 0 Å². The third-order valence-corrected chi connectivity index (χ3v) is 4.60. The van der Waals surface area contributed by atoms with Gasteiger partial charge >= 0.3 is 33.6 Å². The van der Waals surface area contributed by atoms with Gasteiger partial charge < -0.3 is 71.0 Å². The maximum atomic E-state index is 10.5. The number of carboxylic acid groups (broad SMARTS) is 4. The molecule has 0 unspecified atom stereocenters. The summed E-state index contributed by atoms with van der Waals surface area (Å²) in [6.07, 6.45) is 7.15. The molecule has 18 heteroatoms. The molecule has 0 saturated heterocycles. The summed E-state index contributed by atoms with van der Waals surface area (Å²) in [7, 11) is 0. The van der Waals surface area contributed by atoms with Crippen LogP contribution >= 0.6 is 0 Å². The Morgan fingerprint density at radius 2 is 0.783 bits per heavy atom. The molecule has 2 aromatic heterocycles. The number of ether oxygens (including phenoxy) is 2. The van der Waals surface area contributed by atoms with E-state index < -0.39 is 37.1 Å². The van der Waals surface area contributed by atoms with Gasteiger partial charge in [0.2, 0.25) is 0 Å². The molecule has 2 heterocycles. The Balaban J connectivity index is -0.000000172. The number of carboxylic acids is 4. The quantitative estimate of drug-likeness (QED) is 0.146. The van der Waals surface area contributed by atoms with Crippen LogP contribution in [0.4, 0.5) is 0 Å². The van der Waals surface area contributed by atoms with Crippen LogP contribution in [0.15, 0.2) is 97.6 Å². The first-order chi connectivity index (χ1) is 19.2. The third-order valence-electron chi connectivity index (χ3n) is 4.60. The van der Waals surface area contributed by atoms with Crippen molar-refractivity contribution in [3.63, 3.8) is 0 Å².